The number of ether oxygens (including phenoxy) is 1. The van der Waals surface area contributed by atoms with Crippen LogP contribution in [-0.4, -0.2) is 36.3 Å². The minimum atomic E-state index is -0.392. The summed E-state index contributed by atoms with van der Waals surface area (Å²) in [5.74, 6) is -0.0885. The van der Waals surface area contributed by atoms with Crippen LogP contribution in [0, 0.1) is 0 Å². The molecule has 1 heterocycles. The molecule has 2 aromatic rings. The summed E-state index contributed by atoms with van der Waals surface area (Å²) in [6, 6.07) is 4.72. The van der Waals surface area contributed by atoms with Gasteiger partial charge in [-0.15, -0.1) is 0 Å². The van der Waals surface area contributed by atoms with Crippen molar-refractivity contribution in [2.45, 2.75) is 12.5 Å². The predicted octanol–water partition coefficient (Wildman–Crippen LogP) is 1.18. The Morgan fingerprint density at radius 2 is 2.33 bits per heavy atom. The lowest BCUT2D eigenvalue weighted by Crippen LogP contribution is -2.36. The lowest BCUT2D eigenvalue weighted by molar-refractivity contribution is -0.142. The van der Waals surface area contributed by atoms with Gasteiger partial charge in [-0.3, -0.25) is 4.79 Å². The van der Waals surface area contributed by atoms with Gasteiger partial charge in [0.25, 0.3) is 0 Å². The fraction of sp³-hybridized carbons (Fsp3) is 0.308. The third-order valence-corrected chi connectivity index (χ3v) is 3.01. The predicted molar refractivity (Wildman–Crippen MR) is 68.5 cm³/mol. The van der Waals surface area contributed by atoms with Gasteiger partial charge in [0, 0.05) is 23.5 Å². The van der Waals surface area contributed by atoms with E-state index in [9.17, 15) is 9.90 Å². The number of aromatic amines is 1. The zero-order valence-corrected chi connectivity index (χ0v) is 10.4. The van der Waals surface area contributed by atoms with E-state index >= 15 is 0 Å². The second-order valence-electron chi connectivity index (χ2n) is 4.11. The highest BCUT2D eigenvalue weighted by atomic mass is 16.5. The van der Waals surface area contributed by atoms with Gasteiger partial charge >= 0.3 is 5.97 Å². The van der Waals surface area contributed by atoms with E-state index in [2.05, 4.69) is 10.3 Å². The van der Waals surface area contributed by atoms with Gasteiger partial charge in [0.05, 0.1) is 7.11 Å². The molecule has 3 N–H and O–H groups in total. The topological polar surface area (TPSA) is 74.4 Å². The number of aromatic nitrogens is 1. The van der Waals surface area contributed by atoms with Crippen molar-refractivity contribution < 1.29 is 14.6 Å². The molecule has 0 aliphatic rings. The van der Waals surface area contributed by atoms with E-state index in [0.717, 1.165) is 16.5 Å². The third kappa shape index (κ3) is 2.31. The van der Waals surface area contributed by atoms with Crippen LogP contribution >= 0.6 is 0 Å². The molecule has 0 aliphatic carbocycles. The molecule has 0 amide bonds. The van der Waals surface area contributed by atoms with Crippen LogP contribution in [0.3, 0.4) is 0 Å². The van der Waals surface area contributed by atoms with Crippen molar-refractivity contribution in [3.63, 3.8) is 0 Å². The van der Waals surface area contributed by atoms with Gasteiger partial charge in [-0.2, -0.15) is 0 Å². The zero-order chi connectivity index (χ0) is 13.1. The first kappa shape index (κ1) is 12.4. The molecular weight excluding hydrogens is 232 g/mol. The van der Waals surface area contributed by atoms with E-state index in [1.54, 1.807) is 25.2 Å². The second-order valence-corrected chi connectivity index (χ2v) is 4.11. The summed E-state index contributed by atoms with van der Waals surface area (Å²) < 4.78 is 4.73. The van der Waals surface area contributed by atoms with Crippen molar-refractivity contribution in [1.29, 1.82) is 0 Å². The Hall–Kier alpha value is -2.01. The molecule has 2 rings (SSSR count). The van der Waals surface area contributed by atoms with Crippen molar-refractivity contribution in [3.8, 4) is 5.75 Å². The number of likely N-dealkylation sites (N-methyl/N-ethyl adjacent to an activating group) is 1. The molecule has 0 saturated carbocycles. The van der Waals surface area contributed by atoms with Gasteiger partial charge < -0.3 is 20.1 Å². The van der Waals surface area contributed by atoms with E-state index in [0.29, 0.717) is 6.42 Å². The van der Waals surface area contributed by atoms with Crippen LogP contribution in [0.5, 0.6) is 5.75 Å². The number of carbonyl (C=O) groups excluding carboxylic acids is 1. The third-order valence-electron chi connectivity index (χ3n) is 3.01. The number of rotatable bonds is 4. The lowest BCUT2D eigenvalue weighted by atomic mass is 10.1. The fourth-order valence-corrected chi connectivity index (χ4v) is 2.00. The molecule has 96 valence electrons. The quantitative estimate of drug-likeness (QED) is 0.710. The molecule has 0 bridgehead atoms. The maximum absolute atomic E-state index is 11.5. The van der Waals surface area contributed by atoms with Crippen LogP contribution < -0.4 is 5.32 Å². The largest absolute Gasteiger partial charge is 0.508 e. The molecule has 5 nitrogen and oxygen atoms in total. The number of fused-ring (bicyclic) bond motifs is 1. The Kier molecular flexibility index (Phi) is 3.53. The lowest BCUT2D eigenvalue weighted by Gasteiger charge is -2.12. The van der Waals surface area contributed by atoms with Gasteiger partial charge in [0.15, 0.2) is 0 Å². The zero-order valence-electron chi connectivity index (χ0n) is 10.4. The van der Waals surface area contributed by atoms with Crippen molar-refractivity contribution in [2.75, 3.05) is 14.2 Å². The van der Waals surface area contributed by atoms with Crippen molar-refractivity contribution in [3.05, 3.63) is 30.0 Å². The smallest absolute Gasteiger partial charge is 0.323 e. The Labute approximate surface area is 105 Å². The molecule has 0 saturated heterocycles. The summed E-state index contributed by atoms with van der Waals surface area (Å²) in [6.07, 6.45) is 2.35. The van der Waals surface area contributed by atoms with Gasteiger partial charge in [-0.05, 0) is 30.8 Å². The highest BCUT2D eigenvalue weighted by molar-refractivity contribution is 5.85. The highest BCUT2D eigenvalue weighted by Crippen LogP contribution is 2.23. The first-order chi connectivity index (χ1) is 8.65. The number of esters is 1. The van der Waals surface area contributed by atoms with Crippen molar-refractivity contribution in [2.24, 2.45) is 0 Å². The van der Waals surface area contributed by atoms with Crippen molar-refractivity contribution in [1.82, 2.24) is 10.3 Å². The Bertz CT molecular complexity index is 562. The number of aromatic hydroxyl groups is 1. The highest BCUT2D eigenvalue weighted by Gasteiger charge is 2.19. The number of H-pyrrole nitrogens is 1. The summed E-state index contributed by atoms with van der Waals surface area (Å²) in [5.41, 5.74) is 1.90. The fourth-order valence-electron chi connectivity index (χ4n) is 2.00. The Morgan fingerprint density at radius 1 is 1.56 bits per heavy atom. The Balaban J connectivity index is 2.31. The molecule has 0 radical (unpaired) electrons. The summed E-state index contributed by atoms with van der Waals surface area (Å²) in [6.45, 7) is 0. The molecular formula is C13H16N2O3. The molecule has 0 fully saturated rings. The maximum Gasteiger partial charge on any atom is 0.323 e. The molecule has 1 aromatic carbocycles. The number of benzene rings is 1. The molecule has 0 aliphatic heterocycles. The van der Waals surface area contributed by atoms with Crippen molar-refractivity contribution >= 4 is 16.9 Å². The number of hydrogen-bond acceptors (Lipinski definition) is 4. The van der Waals surface area contributed by atoms with E-state index in [1.165, 1.54) is 7.11 Å². The van der Waals surface area contributed by atoms with Gasteiger partial charge in [0.2, 0.25) is 0 Å². The maximum atomic E-state index is 11.5. The summed E-state index contributed by atoms with van der Waals surface area (Å²) in [7, 11) is 3.08. The number of carbonyl (C=O) groups is 1. The Morgan fingerprint density at radius 3 is 3.00 bits per heavy atom. The first-order valence-electron chi connectivity index (χ1n) is 5.69. The minimum Gasteiger partial charge on any atom is -0.508 e. The van der Waals surface area contributed by atoms with Gasteiger partial charge in [-0.25, -0.2) is 0 Å². The summed E-state index contributed by atoms with van der Waals surface area (Å²) in [4.78, 5) is 14.6. The normalized spacial score (nSPS) is 12.6. The van der Waals surface area contributed by atoms with Crippen LogP contribution in [-0.2, 0) is 16.0 Å². The van der Waals surface area contributed by atoms with E-state index in [1.807, 2.05) is 6.20 Å². The number of hydrogen-bond donors (Lipinski definition) is 3. The minimum absolute atomic E-state index is 0.211. The van der Waals surface area contributed by atoms with E-state index < -0.39 is 6.04 Å². The number of methoxy groups -OCH3 is 1. The molecule has 1 aromatic heterocycles. The number of phenols is 1. The number of phenolic OH excluding ortho intramolecular Hbond substituents is 1. The van der Waals surface area contributed by atoms with Gasteiger partial charge in [-0.1, -0.05) is 0 Å². The monoisotopic (exact) mass is 248 g/mol. The van der Waals surface area contributed by atoms with Gasteiger partial charge in [0.1, 0.15) is 11.8 Å². The summed E-state index contributed by atoms with van der Waals surface area (Å²) >= 11 is 0. The molecule has 1 atom stereocenters. The van der Waals surface area contributed by atoms with Crippen LogP contribution in [0.2, 0.25) is 0 Å². The molecule has 1 unspecified atom stereocenters. The first-order valence-corrected chi connectivity index (χ1v) is 5.69. The summed E-state index contributed by atoms with van der Waals surface area (Å²) in [5, 5.41) is 13.3. The average molecular weight is 248 g/mol. The second kappa shape index (κ2) is 5.10. The number of nitrogens with one attached hydrogen (secondary N) is 2. The standard InChI is InChI=1S/C13H16N2O3/c1-14-12(13(17)18-2)5-8-7-15-11-4-3-9(16)6-10(8)11/h3-4,6-7,12,14-16H,5H2,1-2H3. The molecule has 0 spiro atoms. The SMILES string of the molecule is CNC(Cc1c[nH]c2ccc(O)cc12)C(=O)OC. The average Bonchev–Trinajstić information content (AvgIpc) is 2.77. The molecule has 18 heavy (non-hydrogen) atoms. The van der Waals surface area contributed by atoms with Crippen LogP contribution in [0.25, 0.3) is 10.9 Å². The van der Waals surface area contributed by atoms with E-state index in [4.69, 9.17) is 4.74 Å². The molecule has 5 heteroatoms. The van der Waals surface area contributed by atoms with Crippen LogP contribution in [0.4, 0.5) is 0 Å². The van der Waals surface area contributed by atoms with E-state index in [-0.39, 0.29) is 11.7 Å². The van der Waals surface area contributed by atoms with Crippen LogP contribution in [0.1, 0.15) is 5.56 Å². The van der Waals surface area contributed by atoms with Crippen LogP contribution in [0.15, 0.2) is 24.4 Å².